The van der Waals surface area contributed by atoms with Crippen molar-refractivity contribution >= 4 is 38.3 Å². The Morgan fingerprint density at radius 3 is 2.65 bits per heavy atom. The third-order valence-corrected chi connectivity index (χ3v) is 3.78. The van der Waals surface area contributed by atoms with Crippen LogP contribution in [0.2, 0.25) is 5.02 Å². The standard InChI is InChI=1S/C16H11BrClNO/c17-12-6-7-13-14(8-12)15(18)9-19-16(13)20-10-11-4-2-1-3-5-11/h1-9H,10H2. The fourth-order valence-electron chi connectivity index (χ4n) is 2.00. The molecule has 1 heterocycles. The minimum absolute atomic E-state index is 0.487. The van der Waals surface area contributed by atoms with Gasteiger partial charge >= 0.3 is 0 Å². The van der Waals surface area contributed by atoms with E-state index >= 15 is 0 Å². The van der Waals surface area contributed by atoms with Gasteiger partial charge in [-0.2, -0.15) is 0 Å². The first-order chi connectivity index (χ1) is 9.74. The summed E-state index contributed by atoms with van der Waals surface area (Å²) in [6.45, 7) is 0.487. The summed E-state index contributed by atoms with van der Waals surface area (Å²) in [5.41, 5.74) is 1.11. The average molecular weight is 349 g/mol. The van der Waals surface area contributed by atoms with Gasteiger partial charge in [-0.3, -0.25) is 0 Å². The Morgan fingerprint density at radius 2 is 1.85 bits per heavy atom. The fourth-order valence-corrected chi connectivity index (χ4v) is 2.56. The minimum atomic E-state index is 0.487. The first-order valence-corrected chi connectivity index (χ1v) is 7.31. The number of benzene rings is 2. The Kier molecular flexibility index (Phi) is 3.90. The SMILES string of the molecule is Clc1cnc(OCc2ccccc2)c2ccc(Br)cc12. The van der Waals surface area contributed by atoms with Gasteiger partial charge < -0.3 is 4.74 Å². The summed E-state index contributed by atoms with van der Waals surface area (Å²) in [6, 6.07) is 15.9. The van der Waals surface area contributed by atoms with Gasteiger partial charge in [0.05, 0.1) is 11.2 Å². The smallest absolute Gasteiger partial charge is 0.221 e. The predicted molar refractivity (Wildman–Crippen MR) is 85.2 cm³/mol. The summed E-state index contributed by atoms with van der Waals surface area (Å²) >= 11 is 9.63. The third-order valence-electron chi connectivity index (χ3n) is 2.98. The maximum atomic E-state index is 6.18. The van der Waals surface area contributed by atoms with Crippen LogP contribution in [0.25, 0.3) is 10.8 Å². The largest absolute Gasteiger partial charge is 0.472 e. The maximum absolute atomic E-state index is 6.18. The van der Waals surface area contributed by atoms with E-state index in [1.807, 2.05) is 48.5 Å². The van der Waals surface area contributed by atoms with Crippen LogP contribution in [0.1, 0.15) is 5.56 Å². The van der Waals surface area contributed by atoms with E-state index in [9.17, 15) is 0 Å². The van der Waals surface area contributed by atoms with Crippen LogP contribution in [-0.2, 0) is 6.61 Å². The second kappa shape index (κ2) is 5.81. The summed E-state index contributed by atoms with van der Waals surface area (Å²) in [7, 11) is 0. The van der Waals surface area contributed by atoms with Crippen LogP contribution in [0.15, 0.2) is 59.2 Å². The normalized spacial score (nSPS) is 10.7. The van der Waals surface area contributed by atoms with Gasteiger partial charge in [-0.1, -0.05) is 57.9 Å². The molecular weight excluding hydrogens is 338 g/mol. The average Bonchev–Trinajstić information content (AvgIpc) is 2.48. The first-order valence-electron chi connectivity index (χ1n) is 6.14. The highest BCUT2D eigenvalue weighted by Gasteiger charge is 2.08. The van der Waals surface area contributed by atoms with Crippen molar-refractivity contribution in [2.24, 2.45) is 0 Å². The number of hydrogen-bond donors (Lipinski definition) is 0. The second-order valence-electron chi connectivity index (χ2n) is 4.38. The number of halogens is 2. The Morgan fingerprint density at radius 1 is 1.05 bits per heavy atom. The number of rotatable bonds is 3. The molecule has 100 valence electrons. The van der Waals surface area contributed by atoms with E-state index in [4.69, 9.17) is 16.3 Å². The molecule has 0 spiro atoms. The lowest BCUT2D eigenvalue weighted by Gasteiger charge is -2.09. The van der Waals surface area contributed by atoms with Gasteiger partial charge in [0.1, 0.15) is 6.61 Å². The van der Waals surface area contributed by atoms with Gasteiger partial charge in [0.25, 0.3) is 0 Å². The quantitative estimate of drug-likeness (QED) is 0.646. The molecule has 3 aromatic rings. The number of fused-ring (bicyclic) bond motifs is 1. The highest BCUT2D eigenvalue weighted by Crippen LogP contribution is 2.31. The van der Waals surface area contributed by atoms with Crippen LogP contribution < -0.4 is 4.74 Å². The van der Waals surface area contributed by atoms with Crippen molar-refractivity contribution in [3.05, 3.63) is 69.8 Å². The number of hydrogen-bond acceptors (Lipinski definition) is 2. The van der Waals surface area contributed by atoms with Crippen molar-refractivity contribution in [2.45, 2.75) is 6.61 Å². The molecule has 0 bridgehead atoms. The van der Waals surface area contributed by atoms with Gasteiger partial charge in [-0.15, -0.1) is 0 Å². The third kappa shape index (κ3) is 2.79. The first kappa shape index (κ1) is 13.4. The molecule has 0 amide bonds. The van der Waals surface area contributed by atoms with E-state index < -0.39 is 0 Å². The second-order valence-corrected chi connectivity index (χ2v) is 5.70. The summed E-state index contributed by atoms with van der Waals surface area (Å²) in [5, 5.41) is 2.46. The molecule has 20 heavy (non-hydrogen) atoms. The molecule has 2 aromatic carbocycles. The summed E-state index contributed by atoms with van der Waals surface area (Å²) in [5.74, 6) is 0.598. The molecular formula is C16H11BrClNO. The van der Waals surface area contributed by atoms with E-state index in [1.54, 1.807) is 6.20 Å². The van der Waals surface area contributed by atoms with Crippen LogP contribution in [0, 0.1) is 0 Å². The summed E-state index contributed by atoms with van der Waals surface area (Å²) < 4.78 is 6.79. The highest BCUT2D eigenvalue weighted by molar-refractivity contribution is 9.10. The molecule has 0 saturated heterocycles. The number of nitrogens with zero attached hydrogens (tertiary/aromatic N) is 1. The highest BCUT2D eigenvalue weighted by atomic mass is 79.9. The minimum Gasteiger partial charge on any atom is -0.472 e. The molecule has 0 radical (unpaired) electrons. The van der Waals surface area contributed by atoms with Crippen molar-refractivity contribution in [2.75, 3.05) is 0 Å². The zero-order valence-electron chi connectivity index (χ0n) is 10.5. The molecule has 0 aliphatic rings. The molecule has 0 atom stereocenters. The van der Waals surface area contributed by atoms with Gasteiger partial charge in [-0.05, 0) is 23.8 Å². The van der Waals surface area contributed by atoms with E-state index in [0.717, 1.165) is 20.8 Å². The lowest BCUT2D eigenvalue weighted by molar-refractivity contribution is 0.298. The lowest BCUT2D eigenvalue weighted by atomic mass is 10.2. The zero-order chi connectivity index (χ0) is 13.9. The molecule has 0 aliphatic heterocycles. The van der Waals surface area contributed by atoms with Crippen molar-refractivity contribution < 1.29 is 4.74 Å². The van der Waals surface area contributed by atoms with Crippen LogP contribution in [0.3, 0.4) is 0 Å². The molecule has 4 heteroatoms. The zero-order valence-corrected chi connectivity index (χ0v) is 12.9. The van der Waals surface area contributed by atoms with E-state index in [2.05, 4.69) is 20.9 Å². The Labute approximate surface area is 130 Å². The molecule has 0 fully saturated rings. The van der Waals surface area contributed by atoms with Crippen molar-refractivity contribution in [1.29, 1.82) is 0 Å². The lowest BCUT2D eigenvalue weighted by Crippen LogP contribution is -1.98. The summed E-state index contributed by atoms with van der Waals surface area (Å²) in [4.78, 5) is 4.28. The van der Waals surface area contributed by atoms with E-state index in [-0.39, 0.29) is 0 Å². The van der Waals surface area contributed by atoms with Crippen LogP contribution in [-0.4, -0.2) is 4.98 Å². The van der Waals surface area contributed by atoms with Gasteiger partial charge in [0.2, 0.25) is 5.88 Å². The number of aromatic nitrogens is 1. The van der Waals surface area contributed by atoms with E-state index in [1.165, 1.54) is 0 Å². The molecule has 0 unspecified atom stereocenters. The van der Waals surface area contributed by atoms with Crippen molar-refractivity contribution in [1.82, 2.24) is 4.98 Å². The van der Waals surface area contributed by atoms with Crippen molar-refractivity contribution in [3.63, 3.8) is 0 Å². The molecule has 0 saturated carbocycles. The molecule has 2 nitrogen and oxygen atoms in total. The molecule has 3 rings (SSSR count). The Bertz CT molecular complexity index is 746. The maximum Gasteiger partial charge on any atom is 0.221 e. The Hall–Kier alpha value is -1.58. The van der Waals surface area contributed by atoms with Crippen LogP contribution in [0.4, 0.5) is 0 Å². The fraction of sp³-hybridized carbons (Fsp3) is 0.0625. The molecule has 0 aliphatic carbocycles. The summed E-state index contributed by atoms with van der Waals surface area (Å²) in [6.07, 6.45) is 1.62. The van der Waals surface area contributed by atoms with Gasteiger partial charge in [0, 0.05) is 15.2 Å². The number of ether oxygens (including phenoxy) is 1. The van der Waals surface area contributed by atoms with E-state index in [0.29, 0.717) is 17.5 Å². The molecule has 0 N–H and O–H groups in total. The van der Waals surface area contributed by atoms with Crippen molar-refractivity contribution in [3.8, 4) is 5.88 Å². The molecule has 1 aromatic heterocycles. The predicted octanol–water partition coefficient (Wildman–Crippen LogP) is 5.23. The van der Waals surface area contributed by atoms with Gasteiger partial charge in [0.15, 0.2) is 0 Å². The van der Waals surface area contributed by atoms with Crippen LogP contribution in [0.5, 0.6) is 5.88 Å². The van der Waals surface area contributed by atoms with Gasteiger partial charge in [-0.25, -0.2) is 4.98 Å². The topological polar surface area (TPSA) is 22.1 Å². The van der Waals surface area contributed by atoms with Crippen LogP contribution >= 0.6 is 27.5 Å². The monoisotopic (exact) mass is 347 g/mol. The number of pyridine rings is 1. The Balaban J connectivity index is 1.94.